The van der Waals surface area contributed by atoms with Crippen molar-refractivity contribution in [3.05, 3.63) is 95.3 Å². The van der Waals surface area contributed by atoms with Crippen LogP contribution in [-0.2, 0) is 26.2 Å². The van der Waals surface area contributed by atoms with E-state index in [1.54, 1.807) is 36.4 Å². The van der Waals surface area contributed by atoms with E-state index in [0.717, 1.165) is 4.31 Å². The van der Waals surface area contributed by atoms with Crippen LogP contribution in [0.1, 0.15) is 32.8 Å². The Bertz CT molecular complexity index is 1370. The monoisotopic (exact) mass is 559 g/mol. The summed E-state index contributed by atoms with van der Waals surface area (Å²) in [5.74, 6) is -1.65. The van der Waals surface area contributed by atoms with E-state index in [2.05, 4.69) is 5.32 Å². The number of halogens is 2. The van der Waals surface area contributed by atoms with E-state index in [0.29, 0.717) is 6.42 Å². The fourth-order valence-electron chi connectivity index (χ4n) is 3.74. The zero-order valence-electron chi connectivity index (χ0n) is 21.5. The molecule has 0 radical (unpaired) electrons. The van der Waals surface area contributed by atoms with Gasteiger partial charge in [-0.15, -0.1) is 0 Å². The molecule has 10 heteroatoms. The van der Waals surface area contributed by atoms with E-state index in [-0.39, 0.29) is 33.8 Å². The molecule has 0 aliphatic carbocycles. The van der Waals surface area contributed by atoms with Crippen LogP contribution in [-0.4, -0.2) is 43.8 Å². The molecule has 0 spiro atoms. The fraction of sp³-hybridized carbons (Fsp3) is 0.286. The summed E-state index contributed by atoms with van der Waals surface area (Å²) >= 11 is 6.15. The molecule has 0 saturated heterocycles. The van der Waals surface area contributed by atoms with Crippen LogP contribution >= 0.6 is 11.6 Å². The van der Waals surface area contributed by atoms with Gasteiger partial charge in [-0.05, 0) is 56.7 Å². The summed E-state index contributed by atoms with van der Waals surface area (Å²) in [6.07, 6.45) is 0.678. The van der Waals surface area contributed by atoms with E-state index in [1.807, 2.05) is 13.8 Å². The van der Waals surface area contributed by atoms with E-state index < -0.39 is 40.2 Å². The van der Waals surface area contributed by atoms with Gasteiger partial charge in [-0.1, -0.05) is 61.0 Å². The Balaban J connectivity index is 2.03. The Labute approximate surface area is 228 Å². The predicted molar refractivity (Wildman–Crippen MR) is 147 cm³/mol. The normalized spacial score (nSPS) is 12.9. The third-order valence-electron chi connectivity index (χ3n) is 6.17. The van der Waals surface area contributed by atoms with Gasteiger partial charge in [0.1, 0.15) is 18.4 Å². The minimum Gasteiger partial charge on any atom is -0.352 e. The molecule has 0 aliphatic rings. The van der Waals surface area contributed by atoms with Crippen LogP contribution in [0, 0.1) is 5.82 Å². The molecule has 202 valence electrons. The summed E-state index contributed by atoms with van der Waals surface area (Å²) in [6.45, 7) is 4.42. The van der Waals surface area contributed by atoms with Gasteiger partial charge >= 0.3 is 0 Å². The van der Waals surface area contributed by atoms with E-state index in [1.165, 1.54) is 54.3 Å². The largest absolute Gasteiger partial charge is 0.352 e. The van der Waals surface area contributed by atoms with Crippen molar-refractivity contribution in [1.29, 1.82) is 0 Å². The lowest BCUT2D eigenvalue weighted by Crippen LogP contribution is -2.52. The molecular weight excluding hydrogens is 529 g/mol. The third kappa shape index (κ3) is 7.11. The molecule has 2 atom stereocenters. The van der Waals surface area contributed by atoms with Crippen LogP contribution < -0.4 is 9.62 Å². The van der Waals surface area contributed by atoms with Gasteiger partial charge in [0.05, 0.1) is 10.6 Å². The van der Waals surface area contributed by atoms with Crippen molar-refractivity contribution in [2.75, 3.05) is 10.8 Å². The number of nitrogens with one attached hydrogen (secondary N) is 1. The molecule has 3 aromatic rings. The van der Waals surface area contributed by atoms with Crippen LogP contribution in [0.25, 0.3) is 0 Å². The second-order valence-corrected chi connectivity index (χ2v) is 11.2. The molecule has 0 aliphatic heterocycles. The number of benzene rings is 3. The number of sulfonamides is 1. The van der Waals surface area contributed by atoms with Gasteiger partial charge in [-0.3, -0.25) is 13.9 Å². The molecule has 38 heavy (non-hydrogen) atoms. The highest BCUT2D eigenvalue weighted by atomic mass is 35.5. The second-order valence-electron chi connectivity index (χ2n) is 8.91. The Morgan fingerprint density at radius 2 is 1.63 bits per heavy atom. The summed E-state index contributed by atoms with van der Waals surface area (Å²) in [7, 11) is -4.20. The number of hydrogen-bond acceptors (Lipinski definition) is 4. The van der Waals surface area contributed by atoms with Crippen LogP contribution in [0.3, 0.4) is 0 Å². The van der Waals surface area contributed by atoms with Gasteiger partial charge in [-0.2, -0.15) is 0 Å². The van der Waals surface area contributed by atoms with E-state index in [4.69, 9.17) is 11.6 Å². The highest BCUT2D eigenvalue weighted by Gasteiger charge is 2.33. The highest BCUT2D eigenvalue weighted by molar-refractivity contribution is 7.92. The number of anilines is 1. The van der Waals surface area contributed by atoms with Crippen molar-refractivity contribution in [2.45, 2.75) is 50.7 Å². The van der Waals surface area contributed by atoms with Crippen molar-refractivity contribution in [3.63, 3.8) is 0 Å². The molecular formula is C28H31ClFN3O4S. The molecule has 0 heterocycles. The molecule has 3 rings (SSSR count). The average molecular weight is 560 g/mol. The first-order valence-electron chi connectivity index (χ1n) is 12.2. The predicted octanol–water partition coefficient (Wildman–Crippen LogP) is 5.01. The second kappa shape index (κ2) is 12.9. The molecule has 0 bridgehead atoms. The summed E-state index contributed by atoms with van der Waals surface area (Å²) in [5, 5.41) is 3.12. The summed E-state index contributed by atoms with van der Waals surface area (Å²) < 4.78 is 42.9. The summed E-state index contributed by atoms with van der Waals surface area (Å²) in [4.78, 5) is 28.0. The smallest absolute Gasteiger partial charge is 0.264 e. The molecule has 0 saturated carbocycles. The van der Waals surface area contributed by atoms with Gasteiger partial charge in [0.2, 0.25) is 11.8 Å². The first-order valence-corrected chi connectivity index (χ1v) is 14.0. The summed E-state index contributed by atoms with van der Waals surface area (Å²) in [6, 6.07) is 18.6. The zero-order chi connectivity index (χ0) is 27.9. The maximum absolute atomic E-state index is 14.6. The van der Waals surface area contributed by atoms with E-state index in [9.17, 15) is 22.4 Å². The molecule has 3 aromatic carbocycles. The Morgan fingerprint density at radius 1 is 0.974 bits per heavy atom. The van der Waals surface area contributed by atoms with Crippen molar-refractivity contribution < 1.29 is 22.4 Å². The third-order valence-corrected chi connectivity index (χ3v) is 8.20. The van der Waals surface area contributed by atoms with Crippen LogP contribution in [0.2, 0.25) is 5.02 Å². The number of nitrogens with zero attached hydrogens (tertiary/aromatic N) is 2. The molecule has 0 aromatic heterocycles. The summed E-state index contributed by atoms with van der Waals surface area (Å²) in [5.41, 5.74) is 0.376. The van der Waals surface area contributed by atoms with Crippen LogP contribution in [0.5, 0.6) is 0 Å². The quantitative estimate of drug-likeness (QED) is 0.358. The minimum atomic E-state index is -4.20. The Morgan fingerprint density at radius 3 is 2.26 bits per heavy atom. The van der Waals surface area contributed by atoms with Gasteiger partial charge in [-0.25, -0.2) is 12.8 Å². The SMILES string of the molecule is CC[C@H](C)NC(=O)[C@@H](C)N(Cc1ccccc1F)C(=O)CN(c1cccc(Cl)c1)S(=O)(=O)c1ccccc1. The lowest BCUT2D eigenvalue weighted by Gasteiger charge is -2.32. The number of hydrogen-bond donors (Lipinski definition) is 1. The average Bonchev–Trinajstić information content (AvgIpc) is 2.91. The van der Waals surface area contributed by atoms with Gasteiger partial charge < -0.3 is 10.2 Å². The van der Waals surface area contributed by atoms with Crippen molar-refractivity contribution >= 4 is 39.1 Å². The van der Waals surface area contributed by atoms with Gasteiger partial charge in [0.25, 0.3) is 10.0 Å². The van der Waals surface area contributed by atoms with Gasteiger partial charge in [0.15, 0.2) is 0 Å². The van der Waals surface area contributed by atoms with Crippen LogP contribution in [0.15, 0.2) is 83.8 Å². The molecule has 0 unspecified atom stereocenters. The first-order chi connectivity index (χ1) is 18.0. The maximum atomic E-state index is 14.6. The topological polar surface area (TPSA) is 86.8 Å². The number of carbonyl (C=O) groups excluding carboxylic acids is 2. The lowest BCUT2D eigenvalue weighted by atomic mass is 10.1. The minimum absolute atomic E-state index is 0.0176. The lowest BCUT2D eigenvalue weighted by molar-refractivity contribution is -0.139. The maximum Gasteiger partial charge on any atom is 0.264 e. The fourth-order valence-corrected chi connectivity index (χ4v) is 5.35. The molecule has 1 N–H and O–H groups in total. The molecule has 0 fully saturated rings. The number of amides is 2. The Kier molecular flexibility index (Phi) is 9.88. The molecule has 2 amide bonds. The first kappa shape index (κ1) is 29.1. The number of carbonyl (C=O) groups is 2. The van der Waals surface area contributed by atoms with Crippen molar-refractivity contribution in [2.24, 2.45) is 0 Å². The van der Waals surface area contributed by atoms with Crippen LogP contribution in [0.4, 0.5) is 10.1 Å². The van der Waals surface area contributed by atoms with E-state index >= 15 is 0 Å². The number of rotatable bonds is 11. The van der Waals surface area contributed by atoms with Gasteiger partial charge in [0, 0.05) is 23.2 Å². The van der Waals surface area contributed by atoms with Crippen molar-refractivity contribution in [1.82, 2.24) is 10.2 Å². The van der Waals surface area contributed by atoms with Crippen molar-refractivity contribution in [3.8, 4) is 0 Å². The zero-order valence-corrected chi connectivity index (χ0v) is 23.0. The highest BCUT2D eigenvalue weighted by Crippen LogP contribution is 2.27. The molecule has 7 nitrogen and oxygen atoms in total. The standard InChI is InChI=1S/C28H31ClFN3O4S/c1-4-20(2)31-28(35)21(3)32(18-22-11-8-9-16-26(22)30)27(34)19-33(24-13-10-12-23(29)17-24)38(36,37)25-14-6-5-7-15-25/h5-17,20-21H,4,18-19H2,1-3H3,(H,31,35)/t20-,21+/m0/s1. The Hall–Kier alpha value is -3.43.